The summed E-state index contributed by atoms with van der Waals surface area (Å²) in [5.74, 6) is 3.54. The van der Waals surface area contributed by atoms with Gasteiger partial charge in [-0.25, -0.2) is 0 Å². The summed E-state index contributed by atoms with van der Waals surface area (Å²) in [5.41, 5.74) is 3.17. The summed E-state index contributed by atoms with van der Waals surface area (Å²) < 4.78 is 25.1. The van der Waals surface area contributed by atoms with Crippen LogP contribution in [0.3, 0.4) is 0 Å². The molecule has 0 saturated heterocycles. The number of hydrogen-bond acceptors (Lipinski definition) is 4. The van der Waals surface area contributed by atoms with Crippen molar-refractivity contribution in [2.75, 3.05) is 6.61 Å². The number of ether oxygens (including phenoxy) is 1. The molecule has 0 fully saturated rings. The van der Waals surface area contributed by atoms with Crippen LogP contribution < -0.4 is 13.6 Å². The van der Waals surface area contributed by atoms with Gasteiger partial charge in [0, 0.05) is 11.6 Å². The zero-order chi connectivity index (χ0) is 23.0. The third-order valence-electron chi connectivity index (χ3n) is 4.30. The monoisotopic (exact) mass is 472 g/mol. The van der Waals surface area contributed by atoms with Crippen LogP contribution in [0, 0.1) is 0 Å². The first-order chi connectivity index (χ1) is 14.2. The van der Waals surface area contributed by atoms with Crippen LogP contribution in [-0.2, 0) is 4.43 Å². The van der Waals surface area contributed by atoms with E-state index >= 15 is 0 Å². The van der Waals surface area contributed by atoms with E-state index < -0.39 is 25.0 Å². The summed E-state index contributed by atoms with van der Waals surface area (Å²) in [7, 11) is -5.16. The van der Waals surface area contributed by atoms with E-state index in [0.29, 0.717) is 6.61 Å². The fourth-order valence-electron chi connectivity index (χ4n) is 3.32. The van der Waals surface area contributed by atoms with Crippen molar-refractivity contribution in [3.8, 4) is 17.2 Å². The van der Waals surface area contributed by atoms with Crippen LogP contribution >= 0.6 is 0 Å². The van der Waals surface area contributed by atoms with Gasteiger partial charge in [0.05, 0.1) is 5.56 Å². The molecule has 0 radical (unpaired) electrons. The van der Waals surface area contributed by atoms with Crippen LogP contribution in [0.25, 0.3) is 11.3 Å². The molecule has 168 valence electrons. The van der Waals surface area contributed by atoms with E-state index in [1.807, 2.05) is 24.3 Å². The normalized spacial score (nSPS) is 14.6. The predicted octanol–water partition coefficient (Wildman–Crippen LogP) is 7.23. The topological polar surface area (TPSA) is 36.9 Å². The van der Waals surface area contributed by atoms with Crippen molar-refractivity contribution < 1.29 is 18.0 Å². The highest BCUT2D eigenvalue weighted by molar-refractivity contribution is 6.71. The highest BCUT2D eigenvalue weighted by Gasteiger charge is 2.29. The lowest BCUT2D eigenvalue weighted by molar-refractivity contribution is 0.353. The Balaban J connectivity index is 2.01. The zero-order valence-corrected chi connectivity index (χ0v) is 23.4. The largest absolute Gasteiger partial charge is 0.544 e. The molecule has 1 aliphatic heterocycles. The lowest BCUT2D eigenvalue weighted by atomic mass is 9.99. The summed E-state index contributed by atoms with van der Waals surface area (Å²) in [6, 6.07) is 14.4. The molecule has 1 aliphatic rings. The van der Waals surface area contributed by atoms with Gasteiger partial charge in [0.2, 0.25) is 25.0 Å². The van der Waals surface area contributed by atoms with Gasteiger partial charge < -0.3 is 18.0 Å². The molecule has 0 saturated carbocycles. The molecule has 3 rings (SSSR count). The molecular weight excluding hydrogens is 437 g/mol. The second kappa shape index (κ2) is 8.52. The van der Waals surface area contributed by atoms with Gasteiger partial charge in [-0.05, 0) is 88.8 Å². The smallest absolute Gasteiger partial charge is 0.242 e. The number of benzene rings is 2. The average Bonchev–Trinajstić information content (AvgIpc) is 2.59. The van der Waals surface area contributed by atoms with E-state index in [0.717, 1.165) is 39.7 Å². The summed E-state index contributed by atoms with van der Waals surface area (Å²) >= 11 is 0. The number of hydrogen-bond donors (Lipinski definition) is 0. The van der Waals surface area contributed by atoms with Crippen molar-refractivity contribution in [1.29, 1.82) is 0 Å². The SMILES string of the molecule is C[Si](C)(C)OC1=C(c2ccc(O[Si](C)(C)C)cc2)COc2cc(O[Si](C)(C)C)ccc21. The third-order valence-corrected chi connectivity index (χ3v) is 6.82. The first-order valence-corrected chi connectivity index (χ1v) is 21.1. The second-order valence-electron chi connectivity index (χ2n) is 10.9. The quantitative estimate of drug-likeness (QED) is 0.398. The molecule has 0 unspecified atom stereocenters. The molecule has 0 N–H and O–H groups in total. The maximum Gasteiger partial charge on any atom is 0.242 e. The standard InChI is InChI=1S/C24H36O4Si3/c1-29(2,3)26-19-12-10-18(11-13-19)22-17-25-23-16-20(27-30(4,5)6)14-15-21(23)24(22)28-31(7,8)9/h10-16H,17H2,1-9H3. The van der Waals surface area contributed by atoms with Gasteiger partial charge >= 0.3 is 0 Å². The van der Waals surface area contributed by atoms with Gasteiger partial charge in [0.1, 0.15) is 29.6 Å². The van der Waals surface area contributed by atoms with Gasteiger partial charge in [0.15, 0.2) is 0 Å². The minimum absolute atomic E-state index is 0.470. The van der Waals surface area contributed by atoms with Gasteiger partial charge in [0.25, 0.3) is 0 Å². The maximum absolute atomic E-state index is 6.61. The van der Waals surface area contributed by atoms with Gasteiger partial charge in [-0.15, -0.1) is 0 Å². The van der Waals surface area contributed by atoms with Gasteiger partial charge in [-0.3, -0.25) is 0 Å². The molecule has 31 heavy (non-hydrogen) atoms. The Hall–Kier alpha value is -1.97. The molecule has 0 aromatic heterocycles. The maximum atomic E-state index is 6.61. The molecule has 4 nitrogen and oxygen atoms in total. The predicted molar refractivity (Wildman–Crippen MR) is 138 cm³/mol. The van der Waals surface area contributed by atoms with E-state index in [4.69, 9.17) is 18.0 Å². The Kier molecular flexibility index (Phi) is 6.51. The molecule has 2 aromatic rings. The van der Waals surface area contributed by atoms with E-state index in [1.54, 1.807) is 0 Å². The van der Waals surface area contributed by atoms with Crippen molar-refractivity contribution in [3.63, 3.8) is 0 Å². The molecule has 1 heterocycles. The number of fused-ring (bicyclic) bond motifs is 1. The molecule has 0 atom stereocenters. The van der Waals surface area contributed by atoms with Crippen LogP contribution in [0.1, 0.15) is 11.1 Å². The van der Waals surface area contributed by atoms with Crippen molar-refractivity contribution in [2.24, 2.45) is 0 Å². The molecule has 0 spiro atoms. The second-order valence-corrected chi connectivity index (χ2v) is 24.2. The lowest BCUT2D eigenvalue weighted by Gasteiger charge is -2.30. The van der Waals surface area contributed by atoms with E-state index in [9.17, 15) is 0 Å². The fourth-order valence-corrected chi connectivity index (χ4v) is 5.84. The molecule has 0 amide bonds. The van der Waals surface area contributed by atoms with Crippen LogP contribution in [0.5, 0.6) is 17.2 Å². The first kappa shape index (κ1) is 23.7. The van der Waals surface area contributed by atoms with Crippen LogP contribution in [0.2, 0.25) is 58.9 Å². The summed E-state index contributed by atoms with van der Waals surface area (Å²) in [5, 5.41) is 0. The van der Waals surface area contributed by atoms with Crippen molar-refractivity contribution in [3.05, 3.63) is 53.6 Å². The highest BCUT2D eigenvalue weighted by Crippen LogP contribution is 2.41. The fraction of sp³-hybridized carbons (Fsp3) is 0.417. The Morgan fingerprint density at radius 3 is 1.71 bits per heavy atom. The summed E-state index contributed by atoms with van der Waals surface area (Å²) in [6.45, 7) is 20.2. The van der Waals surface area contributed by atoms with Crippen molar-refractivity contribution in [2.45, 2.75) is 58.9 Å². The molecule has 0 bridgehead atoms. The Morgan fingerprint density at radius 2 is 1.16 bits per heavy atom. The lowest BCUT2D eigenvalue weighted by Crippen LogP contribution is -2.29. The van der Waals surface area contributed by atoms with Crippen molar-refractivity contribution in [1.82, 2.24) is 0 Å². The molecular formula is C24H36O4Si3. The van der Waals surface area contributed by atoms with Crippen LogP contribution in [0.4, 0.5) is 0 Å². The van der Waals surface area contributed by atoms with Crippen LogP contribution in [-0.4, -0.2) is 31.6 Å². The van der Waals surface area contributed by atoms with Gasteiger partial charge in [-0.2, -0.15) is 0 Å². The molecule has 7 heteroatoms. The summed E-state index contributed by atoms with van der Waals surface area (Å²) in [4.78, 5) is 0. The van der Waals surface area contributed by atoms with Crippen LogP contribution in [0.15, 0.2) is 42.5 Å². The summed E-state index contributed by atoms with van der Waals surface area (Å²) in [6.07, 6.45) is 0. The Morgan fingerprint density at radius 1 is 0.645 bits per heavy atom. The van der Waals surface area contributed by atoms with E-state index in [2.05, 4.69) is 77.1 Å². The Labute approximate surface area is 190 Å². The van der Waals surface area contributed by atoms with E-state index in [1.165, 1.54) is 0 Å². The van der Waals surface area contributed by atoms with Gasteiger partial charge in [-0.1, -0.05) is 12.1 Å². The number of rotatable bonds is 7. The minimum Gasteiger partial charge on any atom is -0.544 e. The molecule has 2 aromatic carbocycles. The van der Waals surface area contributed by atoms with E-state index in [-0.39, 0.29) is 0 Å². The molecule has 0 aliphatic carbocycles. The minimum atomic E-state index is -1.84. The third kappa shape index (κ3) is 6.75. The first-order valence-electron chi connectivity index (χ1n) is 10.9. The Bertz CT molecular complexity index is 962. The average molecular weight is 473 g/mol. The zero-order valence-electron chi connectivity index (χ0n) is 20.4. The van der Waals surface area contributed by atoms with Crippen molar-refractivity contribution >= 4 is 36.3 Å². The highest BCUT2D eigenvalue weighted by atomic mass is 28.4.